The first-order valence-electron chi connectivity index (χ1n) is 9.11. The Morgan fingerprint density at radius 2 is 1.88 bits per heavy atom. The van der Waals surface area contributed by atoms with E-state index in [1.54, 1.807) is 0 Å². The molecule has 2 saturated heterocycles. The zero-order valence-electron chi connectivity index (χ0n) is 14.5. The summed E-state index contributed by atoms with van der Waals surface area (Å²) in [7, 11) is 0. The fourth-order valence-corrected chi connectivity index (χ4v) is 3.59. The molecule has 0 saturated carbocycles. The second-order valence-electron chi connectivity index (χ2n) is 6.81. The Balaban J connectivity index is 1.59. The molecule has 2 fully saturated rings. The van der Waals surface area contributed by atoms with Crippen LogP contribution in [0.15, 0.2) is 24.3 Å². The Bertz CT molecular complexity index is 596. The molecule has 2 aliphatic heterocycles. The number of aryl methyl sites for hydroxylation is 1. The lowest BCUT2D eigenvalue weighted by Crippen LogP contribution is -2.48. The molecular formula is C19H27N3O2. The van der Waals surface area contributed by atoms with Gasteiger partial charge in [-0.15, -0.1) is 0 Å². The van der Waals surface area contributed by atoms with E-state index in [4.69, 9.17) is 0 Å². The van der Waals surface area contributed by atoms with Crippen molar-refractivity contribution >= 4 is 17.6 Å². The molecule has 5 nitrogen and oxygen atoms in total. The van der Waals surface area contributed by atoms with Gasteiger partial charge in [0.1, 0.15) is 0 Å². The number of amides is 3. The van der Waals surface area contributed by atoms with Gasteiger partial charge in [0.05, 0.1) is 5.92 Å². The lowest BCUT2D eigenvalue weighted by molar-refractivity contribution is -0.121. The van der Waals surface area contributed by atoms with Crippen molar-refractivity contribution in [1.82, 2.24) is 9.80 Å². The van der Waals surface area contributed by atoms with Gasteiger partial charge in [-0.1, -0.05) is 19.1 Å². The molecule has 0 aromatic heterocycles. The molecule has 0 radical (unpaired) electrons. The second kappa shape index (κ2) is 7.69. The Morgan fingerprint density at radius 1 is 1.12 bits per heavy atom. The molecule has 24 heavy (non-hydrogen) atoms. The predicted octanol–water partition coefficient (Wildman–Crippen LogP) is 3.12. The van der Waals surface area contributed by atoms with Gasteiger partial charge in [0.25, 0.3) is 0 Å². The molecule has 3 amide bonds. The highest BCUT2D eigenvalue weighted by molar-refractivity contribution is 5.93. The highest BCUT2D eigenvalue weighted by Gasteiger charge is 2.31. The summed E-state index contributed by atoms with van der Waals surface area (Å²) in [6.07, 6.45) is 4.88. The van der Waals surface area contributed by atoms with Gasteiger partial charge in [0.2, 0.25) is 5.91 Å². The Labute approximate surface area is 144 Å². The zero-order chi connectivity index (χ0) is 16.9. The summed E-state index contributed by atoms with van der Waals surface area (Å²) >= 11 is 0. The predicted molar refractivity (Wildman–Crippen MR) is 94.9 cm³/mol. The second-order valence-corrected chi connectivity index (χ2v) is 6.81. The van der Waals surface area contributed by atoms with Gasteiger partial charge in [-0.05, 0) is 49.8 Å². The third kappa shape index (κ3) is 3.89. The van der Waals surface area contributed by atoms with E-state index < -0.39 is 0 Å². The van der Waals surface area contributed by atoms with Crippen LogP contribution >= 0.6 is 0 Å². The van der Waals surface area contributed by atoms with Crippen molar-refractivity contribution in [2.45, 2.75) is 39.0 Å². The lowest BCUT2D eigenvalue weighted by atomic mass is 9.97. The monoisotopic (exact) mass is 329 g/mol. The van der Waals surface area contributed by atoms with Crippen molar-refractivity contribution in [2.24, 2.45) is 5.92 Å². The van der Waals surface area contributed by atoms with Crippen LogP contribution in [0, 0.1) is 5.92 Å². The maximum Gasteiger partial charge on any atom is 0.320 e. The van der Waals surface area contributed by atoms with Gasteiger partial charge in [0.15, 0.2) is 0 Å². The number of nitrogens with one attached hydrogen (secondary N) is 1. The first-order chi connectivity index (χ1) is 11.7. The molecule has 0 bridgehead atoms. The largest absolute Gasteiger partial charge is 0.326 e. The highest BCUT2D eigenvalue weighted by atomic mass is 16.2. The number of hydrogen-bond acceptors (Lipinski definition) is 2. The number of nitrogens with zero attached hydrogens (tertiary/aromatic N) is 2. The van der Waals surface area contributed by atoms with E-state index >= 15 is 0 Å². The van der Waals surface area contributed by atoms with Crippen LogP contribution in [0.2, 0.25) is 0 Å². The number of anilines is 1. The Kier molecular flexibility index (Phi) is 5.38. The van der Waals surface area contributed by atoms with Crippen LogP contribution < -0.4 is 5.32 Å². The fraction of sp³-hybridized carbons (Fsp3) is 0.579. The molecule has 2 heterocycles. The van der Waals surface area contributed by atoms with Gasteiger partial charge in [-0.3, -0.25) is 4.79 Å². The number of urea groups is 1. The summed E-state index contributed by atoms with van der Waals surface area (Å²) in [5, 5.41) is 3.02. The molecule has 0 aliphatic carbocycles. The van der Waals surface area contributed by atoms with Crippen LogP contribution in [0.5, 0.6) is 0 Å². The number of likely N-dealkylation sites (tertiary alicyclic amines) is 2. The molecule has 130 valence electrons. The SMILES string of the molecule is CCc1cccc(NC(=O)[C@@H]2CCCN(C(=O)N3CCCC3)C2)c1. The third-order valence-electron chi connectivity index (χ3n) is 5.04. The fourth-order valence-electron chi connectivity index (χ4n) is 3.59. The van der Waals surface area contributed by atoms with E-state index in [0.717, 1.165) is 57.4 Å². The van der Waals surface area contributed by atoms with Gasteiger partial charge in [0, 0.05) is 31.9 Å². The van der Waals surface area contributed by atoms with Crippen molar-refractivity contribution in [3.8, 4) is 0 Å². The Morgan fingerprint density at radius 3 is 2.62 bits per heavy atom. The van der Waals surface area contributed by atoms with Crippen LogP contribution in [-0.2, 0) is 11.2 Å². The topological polar surface area (TPSA) is 52.7 Å². The van der Waals surface area contributed by atoms with Crippen LogP contribution in [-0.4, -0.2) is 47.9 Å². The molecule has 3 rings (SSSR count). The lowest BCUT2D eigenvalue weighted by Gasteiger charge is -2.34. The van der Waals surface area contributed by atoms with E-state index in [1.165, 1.54) is 5.56 Å². The summed E-state index contributed by atoms with van der Waals surface area (Å²) < 4.78 is 0. The summed E-state index contributed by atoms with van der Waals surface area (Å²) in [6, 6.07) is 8.09. The van der Waals surface area contributed by atoms with E-state index in [9.17, 15) is 9.59 Å². The van der Waals surface area contributed by atoms with Gasteiger partial charge in [-0.25, -0.2) is 4.79 Å². The molecule has 1 aromatic rings. The molecule has 5 heteroatoms. The van der Waals surface area contributed by atoms with E-state index in [2.05, 4.69) is 18.3 Å². The van der Waals surface area contributed by atoms with E-state index in [0.29, 0.717) is 6.54 Å². The van der Waals surface area contributed by atoms with Crippen molar-refractivity contribution in [2.75, 3.05) is 31.5 Å². The first kappa shape index (κ1) is 16.8. The third-order valence-corrected chi connectivity index (χ3v) is 5.04. The average Bonchev–Trinajstić information content (AvgIpc) is 3.16. The average molecular weight is 329 g/mol. The number of benzene rings is 1. The molecule has 0 spiro atoms. The number of piperidine rings is 1. The molecule has 1 aromatic carbocycles. The van der Waals surface area contributed by atoms with Crippen molar-refractivity contribution in [3.63, 3.8) is 0 Å². The molecular weight excluding hydrogens is 302 g/mol. The van der Waals surface area contributed by atoms with Crippen molar-refractivity contribution < 1.29 is 9.59 Å². The summed E-state index contributed by atoms with van der Waals surface area (Å²) in [6.45, 7) is 5.12. The standard InChI is InChI=1S/C19H27N3O2/c1-2-15-7-5-9-17(13-15)20-18(23)16-8-6-12-22(14-16)19(24)21-10-3-4-11-21/h5,7,9,13,16H,2-4,6,8,10-12,14H2,1H3,(H,20,23)/t16-/m1/s1. The molecule has 2 aliphatic rings. The van der Waals surface area contributed by atoms with Gasteiger partial charge >= 0.3 is 6.03 Å². The molecule has 1 atom stereocenters. The van der Waals surface area contributed by atoms with Crippen LogP contribution in [0.1, 0.15) is 38.2 Å². The van der Waals surface area contributed by atoms with E-state index in [1.807, 2.05) is 28.0 Å². The highest BCUT2D eigenvalue weighted by Crippen LogP contribution is 2.21. The number of hydrogen-bond donors (Lipinski definition) is 1. The van der Waals surface area contributed by atoms with Crippen molar-refractivity contribution in [1.29, 1.82) is 0 Å². The Hall–Kier alpha value is -2.04. The van der Waals surface area contributed by atoms with E-state index in [-0.39, 0.29) is 17.9 Å². The maximum absolute atomic E-state index is 12.6. The van der Waals surface area contributed by atoms with Gasteiger partial charge < -0.3 is 15.1 Å². The van der Waals surface area contributed by atoms with Gasteiger partial charge in [-0.2, -0.15) is 0 Å². The van der Waals surface area contributed by atoms with Crippen LogP contribution in [0.3, 0.4) is 0 Å². The smallest absolute Gasteiger partial charge is 0.320 e. The summed E-state index contributed by atoms with van der Waals surface area (Å²) in [5.41, 5.74) is 2.06. The van der Waals surface area contributed by atoms with Crippen LogP contribution in [0.4, 0.5) is 10.5 Å². The molecule has 0 unspecified atom stereocenters. The normalized spacial score (nSPS) is 21.0. The van der Waals surface area contributed by atoms with Crippen molar-refractivity contribution in [3.05, 3.63) is 29.8 Å². The number of carbonyl (C=O) groups is 2. The molecule has 1 N–H and O–H groups in total. The number of rotatable bonds is 3. The first-order valence-corrected chi connectivity index (χ1v) is 9.11. The minimum Gasteiger partial charge on any atom is -0.326 e. The maximum atomic E-state index is 12.6. The quantitative estimate of drug-likeness (QED) is 0.926. The summed E-state index contributed by atoms with van der Waals surface area (Å²) in [5.74, 6) is -0.0854. The van der Waals surface area contributed by atoms with Crippen LogP contribution in [0.25, 0.3) is 0 Å². The summed E-state index contributed by atoms with van der Waals surface area (Å²) in [4.78, 5) is 28.9. The zero-order valence-corrected chi connectivity index (χ0v) is 14.5. The number of carbonyl (C=O) groups excluding carboxylic acids is 2. The minimum atomic E-state index is -0.115. The minimum absolute atomic E-state index is 0.0298.